The lowest BCUT2D eigenvalue weighted by Gasteiger charge is -2.20. The maximum Gasteiger partial charge on any atom is 0.0468 e. The zero-order chi connectivity index (χ0) is 10.9. The normalized spacial score (nSPS) is 19.1. The van der Waals surface area contributed by atoms with Crippen molar-refractivity contribution >= 4 is 0 Å². The molecular formula is C13H25NO. The fourth-order valence-corrected chi connectivity index (χ4v) is 1.84. The van der Waals surface area contributed by atoms with Crippen LogP contribution in [0.1, 0.15) is 39.5 Å². The van der Waals surface area contributed by atoms with Gasteiger partial charge in [0.05, 0.1) is 0 Å². The second-order valence-corrected chi connectivity index (χ2v) is 4.66. The van der Waals surface area contributed by atoms with Crippen LogP contribution < -0.4 is 5.32 Å². The zero-order valence-corrected chi connectivity index (χ0v) is 10.2. The van der Waals surface area contributed by atoms with Crippen LogP contribution in [0.5, 0.6) is 0 Å². The average Bonchev–Trinajstić information content (AvgIpc) is 2.24. The van der Waals surface area contributed by atoms with Gasteiger partial charge in [0, 0.05) is 19.3 Å². The van der Waals surface area contributed by atoms with E-state index in [1.54, 1.807) is 0 Å². The third-order valence-electron chi connectivity index (χ3n) is 2.84. The maximum atomic E-state index is 5.34. The van der Waals surface area contributed by atoms with Crippen molar-refractivity contribution in [1.82, 2.24) is 5.32 Å². The van der Waals surface area contributed by atoms with E-state index < -0.39 is 0 Å². The van der Waals surface area contributed by atoms with E-state index in [1.165, 1.54) is 19.3 Å². The van der Waals surface area contributed by atoms with Crippen LogP contribution in [0.25, 0.3) is 0 Å². The first-order valence-corrected chi connectivity index (χ1v) is 6.25. The maximum absolute atomic E-state index is 5.34. The summed E-state index contributed by atoms with van der Waals surface area (Å²) in [6.45, 7) is 7.40. The Morgan fingerprint density at radius 3 is 2.67 bits per heavy atom. The molecule has 1 N–H and O–H groups in total. The minimum absolute atomic E-state index is 0.605. The van der Waals surface area contributed by atoms with Crippen molar-refractivity contribution in [1.29, 1.82) is 0 Å². The van der Waals surface area contributed by atoms with Gasteiger partial charge in [0.2, 0.25) is 0 Å². The summed E-state index contributed by atoms with van der Waals surface area (Å²) in [6, 6.07) is 0.605. The monoisotopic (exact) mass is 211 g/mol. The fourth-order valence-electron chi connectivity index (χ4n) is 1.84. The van der Waals surface area contributed by atoms with Crippen molar-refractivity contribution in [3.05, 3.63) is 12.2 Å². The van der Waals surface area contributed by atoms with Gasteiger partial charge in [0.25, 0.3) is 0 Å². The Hall–Kier alpha value is -0.340. The molecule has 2 nitrogen and oxygen atoms in total. The van der Waals surface area contributed by atoms with Crippen molar-refractivity contribution in [2.24, 2.45) is 5.92 Å². The van der Waals surface area contributed by atoms with E-state index >= 15 is 0 Å². The Bertz CT molecular complexity index is 171. The largest absolute Gasteiger partial charge is 0.381 e. The summed E-state index contributed by atoms with van der Waals surface area (Å²) in [5.74, 6) is 0.869. The van der Waals surface area contributed by atoms with Crippen LogP contribution in [0.15, 0.2) is 12.2 Å². The van der Waals surface area contributed by atoms with E-state index in [0.29, 0.717) is 6.04 Å². The molecule has 88 valence electrons. The van der Waals surface area contributed by atoms with Crippen LogP contribution in [-0.2, 0) is 4.74 Å². The Balaban J connectivity index is 1.96. The number of hydrogen-bond donors (Lipinski definition) is 1. The molecule has 0 saturated carbocycles. The molecular weight excluding hydrogens is 186 g/mol. The van der Waals surface area contributed by atoms with Crippen molar-refractivity contribution in [2.75, 3.05) is 19.8 Å². The molecule has 0 amide bonds. The average molecular weight is 211 g/mol. The lowest BCUT2D eigenvalue weighted by Crippen LogP contribution is -2.23. The standard InChI is InChI=1S/C13H25NO/c1-12(2)14-9-5-3-4-6-13-7-10-15-11-8-13/h3-4,12-14H,5-11H2,1-2H3. The second kappa shape index (κ2) is 7.89. The van der Waals surface area contributed by atoms with Crippen LogP contribution in [0, 0.1) is 5.92 Å². The summed E-state index contributed by atoms with van der Waals surface area (Å²) < 4.78 is 5.34. The first kappa shape index (κ1) is 12.7. The zero-order valence-electron chi connectivity index (χ0n) is 10.2. The Kier molecular flexibility index (Phi) is 6.69. The van der Waals surface area contributed by atoms with Gasteiger partial charge in [-0.15, -0.1) is 0 Å². The van der Waals surface area contributed by atoms with E-state index in [-0.39, 0.29) is 0 Å². The van der Waals surface area contributed by atoms with Crippen molar-refractivity contribution in [3.8, 4) is 0 Å². The number of nitrogens with one attached hydrogen (secondary N) is 1. The van der Waals surface area contributed by atoms with Crippen LogP contribution in [0.2, 0.25) is 0 Å². The lowest BCUT2D eigenvalue weighted by atomic mass is 9.96. The SMILES string of the molecule is CC(C)NCCC=CCC1CCOCC1. The summed E-state index contributed by atoms with van der Waals surface area (Å²) in [5.41, 5.74) is 0. The van der Waals surface area contributed by atoms with Crippen LogP contribution >= 0.6 is 0 Å². The molecule has 1 aliphatic heterocycles. The second-order valence-electron chi connectivity index (χ2n) is 4.66. The Morgan fingerprint density at radius 1 is 1.27 bits per heavy atom. The van der Waals surface area contributed by atoms with Gasteiger partial charge in [0.1, 0.15) is 0 Å². The number of rotatable bonds is 6. The predicted octanol–water partition coefficient (Wildman–Crippen LogP) is 2.75. The molecule has 0 unspecified atom stereocenters. The van der Waals surface area contributed by atoms with E-state index in [1.807, 2.05) is 0 Å². The van der Waals surface area contributed by atoms with Gasteiger partial charge < -0.3 is 10.1 Å². The summed E-state index contributed by atoms with van der Waals surface area (Å²) in [6.07, 6.45) is 9.54. The lowest BCUT2D eigenvalue weighted by molar-refractivity contribution is 0.0672. The minimum atomic E-state index is 0.605. The molecule has 0 radical (unpaired) electrons. The van der Waals surface area contributed by atoms with Crippen LogP contribution in [0.4, 0.5) is 0 Å². The van der Waals surface area contributed by atoms with Gasteiger partial charge in [0.15, 0.2) is 0 Å². The molecule has 0 bridgehead atoms. The molecule has 0 aromatic rings. The Labute approximate surface area is 94.1 Å². The number of ether oxygens (including phenoxy) is 1. The topological polar surface area (TPSA) is 21.3 Å². The van der Waals surface area contributed by atoms with Gasteiger partial charge in [-0.3, -0.25) is 0 Å². The van der Waals surface area contributed by atoms with Gasteiger partial charge in [-0.25, -0.2) is 0 Å². The van der Waals surface area contributed by atoms with E-state index in [0.717, 1.165) is 32.1 Å². The van der Waals surface area contributed by atoms with Crippen molar-refractivity contribution in [3.63, 3.8) is 0 Å². The number of hydrogen-bond acceptors (Lipinski definition) is 2. The van der Waals surface area contributed by atoms with Gasteiger partial charge in [-0.05, 0) is 38.1 Å². The summed E-state index contributed by atoms with van der Waals surface area (Å²) >= 11 is 0. The minimum Gasteiger partial charge on any atom is -0.381 e. The highest BCUT2D eigenvalue weighted by Crippen LogP contribution is 2.18. The molecule has 15 heavy (non-hydrogen) atoms. The highest BCUT2D eigenvalue weighted by molar-refractivity contribution is 4.85. The molecule has 1 saturated heterocycles. The molecule has 0 aliphatic carbocycles. The Morgan fingerprint density at radius 2 is 2.00 bits per heavy atom. The molecule has 1 aliphatic rings. The first-order valence-electron chi connectivity index (χ1n) is 6.25. The summed E-state index contributed by atoms with van der Waals surface area (Å²) in [4.78, 5) is 0. The summed E-state index contributed by atoms with van der Waals surface area (Å²) in [5, 5.41) is 3.41. The van der Waals surface area contributed by atoms with Crippen molar-refractivity contribution < 1.29 is 4.74 Å². The molecule has 0 atom stereocenters. The molecule has 1 fully saturated rings. The predicted molar refractivity (Wildman–Crippen MR) is 65.1 cm³/mol. The van der Waals surface area contributed by atoms with E-state index in [2.05, 4.69) is 31.3 Å². The smallest absolute Gasteiger partial charge is 0.0468 e. The van der Waals surface area contributed by atoms with Gasteiger partial charge >= 0.3 is 0 Å². The third-order valence-corrected chi connectivity index (χ3v) is 2.84. The fraction of sp³-hybridized carbons (Fsp3) is 0.846. The quantitative estimate of drug-likeness (QED) is 0.539. The summed E-state index contributed by atoms with van der Waals surface area (Å²) in [7, 11) is 0. The molecule has 2 heteroatoms. The van der Waals surface area contributed by atoms with E-state index in [4.69, 9.17) is 4.74 Å². The van der Waals surface area contributed by atoms with Gasteiger partial charge in [-0.1, -0.05) is 26.0 Å². The molecule has 0 spiro atoms. The van der Waals surface area contributed by atoms with Crippen LogP contribution in [-0.4, -0.2) is 25.8 Å². The highest BCUT2D eigenvalue weighted by Gasteiger charge is 2.11. The first-order chi connectivity index (χ1) is 7.29. The number of allylic oxidation sites excluding steroid dienone is 1. The molecule has 0 aromatic heterocycles. The van der Waals surface area contributed by atoms with Crippen LogP contribution in [0.3, 0.4) is 0 Å². The molecule has 1 heterocycles. The third kappa shape index (κ3) is 6.69. The van der Waals surface area contributed by atoms with E-state index in [9.17, 15) is 0 Å². The molecule has 1 rings (SSSR count). The highest BCUT2D eigenvalue weighted by atomic mass is 16.5. The van der Waals surface area contributed by atoms with Gasteiger partial charge in [-0.2, -0.15) is 0 Å². The van der Waals surface area contributed by atoms with Crippen molar-refractivity contribution in [2.45, 2.75) is 45.6 Å². The molecule has 0 aromatic carbocycles.